The summed E-state index contributed by atoms with van der Waals surface area (Å²) in [6.45, 7) is 1.91. The monoisotopic (exact) mass is 407 g/mol. The Morgan fingerprint density at radius 3 is 2.37 bits per heavy atom. The normalized spacial score (nSPS) is 15.6. The van der Waals surface area contributed by atoms with Crippen LogP contribution < -0.4 is 5.32 Å². The second kappa shape index (κ2) is 7.82. The fourth-order valence-corrected chi connectivity index (χ4v) is 3.23. The average Bonchev–Trinajstić information content (AvgIpc) is 2.78. The van der Waals surface area contributed by atoms with E-state index in [1.165, 1.54) is 19.1 Å². The third-order valence-electron chi connectivity index (χ3n) is 4.71. The summed E-state index contributed by atoms with van der Waals surface area (Å²) in [6.07, 6.45) is -0.0485. The molecule has 1 atom stereocenters. The van der Waals surface area contributed by atoms with E-state index in [-0.39, 0.29) is 46.3 Å². The van der Waals surface area contributed by atoms with Crippen molar-refractivity contribution in [1.82, 2.24) is 0 Å². The quantitative estimate of drug-likeness (QED) is 0.661. The molecule has 1 N–H and O–H groups in total. The number of fused-ring (bicyclic) bond motifs is 2. The van der Waals surface area contributed by atoms with E-state index in [4.69, 9.17) is 14.2 Å². The van der Waals surface area contributed by atoms with Gasteiger partial charge < -0.3 is 19.5 Å². The summed E-state index contributed by atoms with van der Waals surface area (Å²) in [5.74, 6) is -2.29. The standard InChI is InChI=1S/C22H17NO7/c1-12(30-22(27)17-11-28-9-10-29-17)21(26)23-16-8-4-7-15-18(16)20(25)14-6-3-2-5-13(14)19(15)24/h2-8,11-12H,9-10H2,1H3,(H,23,26)/t12-/m0/s1. The number of hydrogen-bond acceptors (Lipinski definition) is 7. The fourth-order valence-electron chi connectivity index (χ4n) is 3.23. The molecule has 0 saturated heterocycles. The minimum Gasteiger partial charge on any atom is -0.493 e. The van der Waals surface area contributed by atoms with E-state index in [2.05, 4.69) is 5.32 Å². The number of ether oxygens (including phenoxy) is 3. The van der Waals surface area contributed by atoms with Crippen LogP contribution in [0.1, 0.15) is 38.8 Å². The molecule has 4 rings (SSSR count). The average molecular weight is 407 g/mol. The van der Waals surface area contributed by atoms with Gasteiger partial charge in [0, 0.05) is 16.7 Å². The lowest BCUT2D eigenvalue weighted by Crippen LogP contribution is -2.32. The summed E-state index contributed by atoms with van der Waals surface area (Å²) >= 11 is 0. The molecule has 30 heavy (non-hydrogen) atoms. The molecule has 152 valence electrons. The maximum atomic E-state index is 13.0. The number of ketones is 2. The first-order valence-electron chi connectivity index (χ1n) is 9.25. The van der Waals surface area contributed by atoms with Crippen LogP contribution in [0.4, 0.5) is 5.69 Å². The van der Waals surface area contributed by atoms with E-state index in [0.29, 0.717) is 12.2 Å². The molecule has 0 fully saturated rings. The van der Waals surface area contributed by atoms with E-state index >= 15 is 0 Å². The summed E-state index contributed by atoms with van der Waals surface area (Å²) in [5, 5.41) is 2.58. The molecule has 0 radical (unpaired) electrons. The third-order valence-corrected chi connectivity index (χ3v) is 4.71. The molecule has 8 heteroatoms. The highest BCUT2D eigenvalue weighted by Gasteiger charge is 2.32. The maximum absolute atomic E-state index is 13.0. The van der Waals surface area contributed by atoms with E-state index < -0.39 is 18.0 Å². The van der Waals surface area contributed by atoms with Crippen molar-refractivity contribution in [3.05, 3.63) is 76.7 Å². The SMILES string of the molecule is C[C@H](OC(=O)C1=COCCO1)C(=O)Nc1cccc2c1C(=O)c1ccccc1C2=O. The lowest BCUT2D eigenvalue weighted by molar-refractivity contribution is -0.153. The van der Waals surface area contributed by atoms with Crippen LogP contribution in [0.25, 0.3) is 0 Å². The zero-order chi connectivity index (χ0) is 21.3. The van der Waals surface area contributed by atoms with Crippen molar-refractivity contribution in [3.8, 4) is 0 Å². The molecule has 1 heterocycles. The van der Waals surface area contributed by atoms with Crippen molar-refractivity contribution < 1.29 is 33.4 Å². The molecule has 0 bridgehead atoms. The Hall–Kier alpha value is -3.94. The van der Waals surface area contributed by atoms with Gasteiger partial charge in [0.2, 0.25) is 5.76 Å². The molecular weight excluding hydrogens is 390 g/mol. The molecule has 0 unspecified atom stereocenters. The highest BCUT2D eigenvalue weighted by molar-refractivity contribution is 6.30. The Bertz CT molecular complexity index is 1100. The number of rotatable bonds is 4. The number of anilines is 1. The molecule has 1 aliphatic carbocycles. The van der Waals surface area contributed by atoms with Gasteiger partial charge in [0.25, 0.3) is 5.91 Å². The van der Waals surface area contributed by atoms with Crippen LogP contribution in [-0.2, 0) is 23.8 Å². The van der Waals surface area contributed by atoms with Gasteiger partial charge >= 0.3 is 5.97 Å². The Labute approximate surface area is 171 Å². The summed E-state index contributed by atoms with van der Waals surface area (Å²) in [7, 11) is 0. The number of nitrogens with one attached hydrogen (secondary N) is 1. The van der Waals surface area contributed by atoms with Crippen LogP contribution in [0.15, 0.2) is 54.5 Å². The Kier molecular flexibility index (Phi) is 5.05. The number of carbonyl (C=O) groups is 4. The van der Waals surface area contributed by atoms with Crippen molar-refractivity contribution in [2.45, 2.75) is 13.0 Å². The smallest absolute Gasteiger partial charge is 0.377 e. The number of amides is 1. The van der Waals surface area contributed by atoms with Gasteiger partial charge in [0.15, 0.2) is 17.7 Å². The number of esters is 1. The zero-order valence-corrected chi connectivity index (χ0v) is 16.0. The van der Waals surface area contributed by atoms with E-state index in [0.717, 1.165) is 6.26 Å². The van der Waals surface area contributed by atoms with Gasteiger partial charge in [0.05, 0.1) is 11.3 Å². The van der Waals surface area contributed by atoms with Crippen LogP contribution in [0, 0.1) is 0 Å². The Morgan fingerprint density at radius 1 is 0.967 bits per heavy atom. The third kappa shape index (κ3) is 3.43. The van der Waals surface area contributed by atoms with Crippen LogP contribution in [-0.4, -0.2) is 42.8 Å². The molecule has 2 aliphatic rings. The van der Waals surface area contributed by atoms with Gasteiger partial charge in [-0.15, -0.1) is 0 Å². The minimum absolute atomic E-state index is 0.111. The number of benzene rings is 2. The molecule has 1 aliphatic heterocycles. The first-order chi connectivity index (χ1) is 14.5. The molecule has 8 nitrogen and oxygen atoms in total. The van der Waals surface area contributed by atoms with Gasteiger partial charge in [-0.05, 0) is 13.0 Å². The Morgan fingerprint density at radius 2 is 1.67 bits per heavy atom. The highest BCUT2D eigenvalue weighted by Crippen LogP contribution is 2.32. The van der Waals surface area contributed by atoms with Crippen molar-refractivity contribution in [1.29, 1.82) is 0 Å². The zero-order valence-electron chi connectivity index (χ0n) is 16.0. The summed E-state index contributed by atoms with van der Waals surface area (Å²) in [6, 6.07) is 11.2. The van der Waals surface area contributed by atoms with Gasteiger partial charge in [-0.3, -0.25) is 14.4 Å². The van der Waals surface area contributed by atoms with Gasteiger partial charge in [0.1, 0.15) is 19.5 Å². The predicted molar refractivity (Wildman–Crippen MR) is 104 cm³/mol. The topological polar surface area (TPSA) is 108 Å². The summed E-state index contributed by atoms with van der Waals surface area (Å²) < 4.78 is 15.2. The number of hydrogen-bond donors (Lipinski definition) is 1. The first-order valence-corrected chi connectivity index (χ1v) is 9.25. The lowest BCUT2D eigenvalue weighted by atomic mass is 9.83. The van der Waals surface area contributed by atoms with Gasteiger partial charge in [-0.1, -0.05) is 36.4 Å². The molecule has 0 aromatic heterocycles. The molecule has 1 amide bonds. The first kappa shape index (κ1) is 19.4. The summed E-state index contributed by atoms with van der Waals surface area (Å²) in [4.78, 5) is 50.4. The molecule has 2 aromatic rings. The minimum atomic E-state index is -1.18. The van der Waals surface area contributed by atoms with Crippen LogP contribution in [0.2, 0.25) is 0 Å². The van der Waals surface area contributed by atoms with Crippen LogP contribution >= 0.6 is 0 Å². The molecule has 0 spiro atoms. The van der Waals surface area contributed by atoms with Crippen molar-refractivity contribution in [2.75, 3.05) is 18.5 Å². The fraction of sp³-hybridized carbons (Fsp3) is 0.182. The number of carbonyl (C=O) groups excluding carboxylic acids is 4. The largest absolute Gasteiger partial charge is 0.493 e. The molecule has 0 saturated carbocycles. The Balaban J connectivity index is 1.55. The highest BCUT2D eigenvalue weighted by atomic mass is 16.6. The lowest BCUT2D eigenvalue weighted by Gasteiger charge is -2.21. The van der Waals surface area contributed by atoms with E-state index in [1.807, 2.05) is 0 Å². The molecule has 2 aromatic carbocycles. The van der Waals surface area contributed by atoms with Crippen LogP contribution in [0.3, 0.4) is 0 Å². The van der Waals surface area contributed by atoms with Gasteiger partial charge in [-0.25, -0.2) is 4.79 Å². The van der Waals surface area contributed by atoms with Crippen molar-refractivity contribution in [3.63, 3.8) is 0 Å². The van der Waals surface area contributed by atoms with Crippen molar-refractivity contribution in [2.24, 2.45) is 0 Å². The van der Waals surface area contributed by atoms with E-state index in [9.17, 15) is 19.2 Å². The predicted octanol–water partition coefficient (Wildman–Crippen LogP) is 2.22. The maximum Gasteiger partial charge on any atom is 0.377 e. The van der Waals surface area contributed by atoms with Crippen LogP contribution in [0.5, 0.6) is 0 Å². The van der Waals surface area contributed by atoms with Gasteiger partial charge in [-0.2, -0.15) is 0 Å². The van der Waals surface area contributed by atoms with Crippen molar-refractivity contribution >= 4 is 29.1 Å². The van der Waals surface area contributed by atoms with E-state index in [1.54, 1.807) is 30.3 Å². The summed E-state index contributed by atoms with van der Waals surface area (Å²) in [5.41, 5.74) is 1.09. The molecular formula is C22H17NO7. The second-order valence-electron chi connectivity index (χ2n) is 6.67. The second-order valence-corrected chi connectivity index (χ2v) is 6.67.